The Bertz CT molecular complexity index is 1240. The average molecular weight is 401 g/mol. The summed E-state index contributed by atoms with van der Waals surface area (Å²) < 4.78 is 38.6. The summed E-state index contributed by atoms with van der Waals surface area (Å²) in [7, 11) is -3.46. The number of anilines is 1. The molecule has 3 aromatic rings. The van der Waals surface area contributed by atoms with Crippen LogP contribution in [-0.4, -0.2) is 30.4 Å². The molecule has 28 heavy (non-hydrogen) atoms. The Kier molecular flexibility index (Phi) is 5.10. The van der Waals surface area contributed by atoms with Crippen molar-refractivity contribution in [1.82, 2.24) is 9.78 Å². The Morgan fingerprint density at radius 1 is 1.11 bits per heavy atom. The number of nitrogens with one attached hydrogen (secondary N) is 1. The summed E-state index contributed by atoms with van der Waals surface area (Å²) in [5.41, 5.74) is -0.452. The summed E-state index contributed by atoms with van der Waals surface area (Å²) in [6.07, 6.45) is 1.04. The second-order valence-electron chi connectivity index (χ2n) is 6.12. The number of halogens is 1. The van der Waals surface area contributed by atoms with E-state index >= 15 is 0 Å². The molecule has 1 amide bonds. The van der Waals surface area contributed by atoms with Crippen LogP contribution < -0.4 is 10.7 Å². The number of hydrogen-bond acceptors (Lipinski definition) is 5. The van der Waals surface area contributed by atoms with Gasteiger partial charge in [0.1, 0.15) is 11.5 Å². The predicted octanol–water partition coefficient (Wildman–Crippen LogP) is 2.34. The van der Waals surface area contributed by atoms with Gasteiger partial charge in [-0.2, -0.15) is 5.10 Å². The molecule has 0 aliphatic rings. The van der Waals surface area contributed by atoms with E-state index in [2.05, 4.69) is 10.4 Å². The number of benzene rings is 2. The molecule has 1 heterocycles. The van der Waals surface area contributed by atoms with E-state index in [1.165, 1.54) is 53.2 Å². The number of carbonyl (C=O) groups is 1. The summed E-state index contributed by atoms with van der Waals surface area (Å²) >= 11 is 0. The fourth-order valence-corrected chi connectivity index (χ4v) is 3.23. The first-order chi connectivity index (χ1) is 13.2. The van der Waals surface area contributed by atoms with Gasteiger partial charge in [-0.1, -0.05) is 18.2 Å². The zero-order valence-electron chi connectivity index (χ0n) is 15.0. The first kappa shape index (κ1) is 19.4. The minimum Gasteiger partial charge on any atom is -0.320 e. The van der Waals surface area contributed by atoms with Crippen LogP contribution >= 0.6 is 0 Å². The molecule has 0 aliphatic carbocycles. The van der Waals surface area contributed by atoms with Crippen LogP contribution in [0.2, 0.25) is 0 Å². The molecule has 3 rings (SSSR count). The molecule has 0 saturated carbocycles. The van der Waals surface area contributed by atoms with Gasteiger partial charge in [-0.25, -0.2) is 17.5 Å². The van der Waals surface area contributed by atoms with Crippen molar-refractivity contribution >= 4 is 21.4 Å². The largest absolute Gasteiger partial charge is 0.320 e. The van der Waals surface area contributed by atoms with E-state index in [4.69, 9.17) is 0 Å². The number of rotatable bonds is 4. The van der Waals surface area contributed by atoms with Crippen molar-refractivity contribution in [3.8, 4) is 5.69 Å². The molecule has 0 unspecified atom stereocenters. The second kappa shape index (κ2) is 7.35. The Morgan fingerprint density at radius 3 is 2.50 bits per heavy atom. The minimum absolute atomic E-state index is 0.0194. The lowest BCUT2D eigenvalue weighted by molar-refractivity contribution is 0.101. The molecule has 0 aliphatic heterocycles. The van der Waals surface area contributed by atoms with Crippen molar-refractivity contribution in [3.05, 3.63) is 82.0 Å². The first-order valence-electron chi connectivity index (χ1n) is 8.14. The quantitative estimate of drug-likeness (QED) is 0.724. The van der Waals surface area contributed by atoms with E-state index in [1.807, 2.05) is 0 Å². The molecule has 2 aromatic carbocycles. The fourth-order valence-electron chi connectivity index (χ4n) is 2.57. The zero-order chi connectivity index (χ0) is 20.5. The van der Waals surface area contributed by atoms with Crippen LogP contribution in [0.4, 0.5) is 10.1 Å². The standard InChI is InChI=1S/C19H16FN3O4S/c1-12-10-17(24)18(22-23(12)16-9-4-3-8-15(16)20)19(25)21-13-6-5-7-14(11-13)28(2,26)27/h3-11H,1-2H3,(H,21,25). The van der Waals surface area contributed by atoms with Crippen molar-refractivity contribution in [3.63, 3.8) is 0 Å². The average Bonchev–Trinajstić information content (AvgIpc) is 2.62. The highest BCUT2D eigenvalue weighted by Gasteiger charge is 2.17. The molecule has 0 radical (unpaired) electrons. The van der Waals surface area contributed by atoms with E-state index in [-0.39, 0.29) is 16.3 Å². The Balaban J connectivity index is 2.00. The van der Waals surface area contributed by atoms with Crippen molar-refractivity contribution < 1.29 is 17.6 Å². The Morgan fingerprint density at radius 2 is 1.82 bits per heavy atom. The maximum absolute atomic E-state index is 14.1. The number of nitrogens with zero attached hydrogens (tertiary/aromatic N) is 2. The SMILES string of the molecule is Cc1cc(=O)c(C(=O)Nc2cccc(S(C)(=O)=O)c2)nn1-c1ccccc1F. The number of para-hydroxylation sites is 1. The molecule has 1 N–H and O–H groups in total. The molecule has 0 spiro atoms. The van der Waals surface area contributed by atoms with Crippen molar-refractivity contribution in [1.29, 1.82) is 0 Å². The molecule has 0 saturated heterocycles. The second-order valence-corrected chi connectivity index (χ2v) is 8.13. The smallest absolute Gasteiger partial charge is 0.280 e. The number of hydrogen-bond donors (Lipinski definition) is 1. The van der Waals surface area contributed by atoms with Crippen LogP contribution in [0.15, 0.2) is 64.3 Å². The summed E-state index contributed by atoms with van der Waals surface area (Å²) in [6.45, 7) is 1.57. The molecule has 1 aromatic heterocycles. The summed E-state index contributed by atoms with van der Waals surface area (Å²) in [6, 6.07) is 12.6. The van der Waals surface area contributed by atoms with Gasteiger partial charge in [0, 0.05) is 23.7 Å². The highest BCUT2D eigenvalue weighted by atomic mass is 32.2. The highest BCUT2D eigenvalue weighted by molar-refractivity contribution is 7.90. The van der Waals surface area contributed by atoms with Crippen molar-refractivity contribution in [2.24, 2.45) is 0 Å². The van der Waals surface area contributed by atoms with E-state index in [1.54, 1.807) is 13.0 Å². The topological polar surface area (TPSA) is 98.1 Å². The number of amides is 1. The molecule has 0 bridgehead atoms. The maximum Gasteiger partial charge on any atom is 0.280 e. The first-order valence-corrected chi connectivity index (χ1v) is 10.0. The van der Waals surface area contributed by atoms with Crippen LogP contribution in [0.1, 0.15) is 16.2 Å². The third-order valence-electron chi connectivity index (χ3n) is 3.92. The molecule has 7 nitrogen and oxygen atoms in total. The Labute approximate surface area is 160 Å². The van der Waals surface area contributed by atoms with E-state index in [9.17, 15) is 22.4 Å². The van der Waals surface area contributed by atoms with Gasteiger partial charge < -0.3 is 5.32 Å². The van der Waals surface area contributed by atoms with Crippen molar-refractivity contribution in [2.75, 3.05) is 11.6 Å². The van der Waals surface area contributed by atoms with Crippen LogP contribution in [0, 0.1) is 12.7 Å². The monoisotopic (exact) mass is 401 g/mol. The zero-order valence-corrected chi connectivity index (χ0v) is 15.8. The number of sulfone groups is 1. The Hall–Kier alpha value is -3.33. The van der Waals surface area contributed by atoms with Crippen LogP contribution in [0.5, 0.6) is 0 Å². The van der Waals surface area contributed by atoms with Gasteiger partial charge in [0.25, 0.3) is 5.91 Å². The van der Waals surface area contributed by atoms with Gasteiger partial charge in [0.2, 0.25) is 5.43 Å². The van der Waals surface area contributed by atoms with Crippen LogP contribution in [0.25, 0.3) is 5.69 Å². The third-order valence-corrected chi connectivity index (χ3v) is 5.03. The fraction of sp³-hybridized carbons (Fsp3) is 0.105. The van der Waals surface area contributed by atoms with Crippen LogP contribution in [-0.2, 0) is 9.84 Å². The summed E-state index contributed by atoms with van der Waals surface area (Å²) in [5, 5.41) is 6.46. The van der Waals surface area contributed by atoms with Gasteiger partial charge in [-0.3, -0.25) is 9.59 Å². The van der Waals surface area contributed by atoms with Gasteiger partial charge in [-0.05, 0) is 37.3 Å². The van der Waals surface area contributed by atoms with E-state index < -0.39 is 32.7 Å². The van der Waals surface area contributed by atoms with E-state index in [0.717, 1.165) is 6.26 Å². The minimum atomic E-state index is -3.46. The lowest BCUT2D eigenvalue weighted by Gasteiger charge is -2.12. The normalized spacial score (nSPS) is 11.2. The molecule has 9 heteroatoms. The van der Waals surface area contributed by atoms with Gasteiger partial charge >= 0.3 is 0 Å². The van der Waals surface area contributed by atoms with Crippen LogP contribution in [0.3, 0.4) is 0 Å². The maximum atomic E-state index is 14.1. The lowest BCUT2D eigenvalue weighted by atomic mass is 10.2. The van der Waals surface area contributed by atoms with Gasteiger partial charge in [0.05, 0.1) is 4.90 Å². The number of carbonyl (C=O) groups excluding carboxylic acids is 1. The number of aromatic nitrogens is 2. The lowest BCUT2D eigenvalue weighted by Crippen LogP contribution is -2.27. The predicted molar refractivity (Wildman–Crippen MR) is 102 cm³/mol. The molecule has 0 fully saturated rings. The molecule has 144 valence electrons. The highest BCUT2D eigenvalue weighted by Crippen LogP contribution is 2.16. The summed E-state index contributed by atoms with van der Waals surface area (Å²) in [5.74, 6) is -1.39. The molecular formula is C19H16FN3O4S. The molecular weight excluding hydrogens is 385 g/mol. The van der Waals surface area contributed by atoms with Gasteiger partial charge in [0.15, 0.2) is 15.5 Å². The number of aryl methyl sites for hydroxylation is 1. The van der Waals surface area contributed by atoms with Crippen molar-refractivity contribution in [2.45, 2.75) is 11.8 Å². The van der Waals surface area contributed by atoms with E-state index in [0.29, 0.717) is 5.69 Å². The third kappa shape index (κ3) is 3.99. The molecule has 0 atom stereocenters. The van der Waals surface area contributed by atoms with Gasteiger partial charge in [-0.15, -0.1) is 0 Å². The summed E-state index contributed by atoms with van der Waals surface area (Å²) in [4.78, 5) is 24.8.